The summed E-state index contributed by atoms with van der Waals surface area (Å²) < 4.78 is 1.96. The molecule has 1 aromatic rings. The fraction of sp³-hybridized carbons (Fsp3) is 0.765. The second kappa shape index (κ2) is 11.3. The first-order valence-electron chi connectivity index (χ1n) is 8.77. The third-order valence-corrected chi connectivity index (χ3v) is 5.37. The molecular weight excluding hydrogens is 397 g/mol. The van der Waals surface area contributed by atoms with Crippen molar-refractivity contribution in [2.24, 2.45) is 13.0 Å². The third-order valence-electron chi connectivity index (χ3n) is 5.37. The molecule has 1 atom stereocenters. The Labute approximate surface area is 175 Å². The van der Waals surface area contributed by atoms with Gasteiger partial charge in [0.2, 0.25) is 5.91 Å². The molecule has 152 valence electrons. The number of aryl methyl sites for hydroxylation is 2. The van der Waals surface area contributed by atoms with Crippen molar-refractivity contribution in [3.63, 3.8) is 0 Å². The molecule has 0 radical (unpaired) electrons. The van der Waals surface area contributed by atoms with Crippen LogP contribution in [0.25, 0.3) is 0 Å². The number of carbonyl (C=O) groups is 1. The predicted octanol–water partition coefficient (Wildman–Crippen LogP) is 1.95. The van der Waals surface area contributed by atoms with Gasteiger partial charge in [0.25, 0.3) is 0 Å². The summed E-state index contributed by atoms with van der Waals surface area (Å²) in [4.78, 5) is 17.1. The Bertz CT molecular complexity index is 567. The Morgan fingerprint density at radius 2 is 1.81 bits per heavy atom. The quantitative estimate of drug-likeness (QED) is 0.799. The summed E-state index contributed by atoms with van der Waals surface area (Å²) in [5.41, 5.74) is 3.70. The van der Waals surface area contributed by atoms with Crippen LogP contribution >= 0.6 is 37.2 Å². The van der Waals surface area contributed by atoms with Gasteiger partial charge >= 0.3 is 0 Å². The van der Waals surface area contributed by atoms with Crippen LogP contribution in [0.4, 0.5) is 0 Å². The lowest BCUT2D eigenvalue weighted by Gasteiger charge is -2.37. The second-order valence-electron chi connectivity index (χ2n) is 6.92. The number of hydrogen-bond acceptors (Lipinski definition) is 4. The van der Waals surface area contributed by atoms with Crippen molar-refractivity contribution in [3.05, 3.63) is 17.0 Å². The molecule has 2 fully saturated rings. The van der Waals surface area contributed by atoms with E-state index in [1.54, 1.807) is 0 Å². The van der Waals surface area contributed by atoms with E-state index in [0.717, 1.165) is 64.3 Å². The number of piperidine rings is 1. The molecule has 0 aliphatic carbocycles. The van der Waals surface area contributed by atoms with Gasteiger partial charge in [-0.25, -0.2) is 0 Å². The van der Waals surface area contributed by atoms with E-state index in [-0.39, 0.29) is 43.1 Å². The minimum Gasteiger partial charge on any atom is -0.340 e. The summed E-state index contributed by atoms with van der Waals surface area (Å²) >= 11 is 0. The number of nitrogens with one attached hydrogen (secondary N) is 1. The van der Waals surface area contributed by atoms with Crippen LogP contribution in [0.3, 0.4) is 0 Å². The van der Waals surface area contributed by atoms with Gasteiger partial charge in [-0.15, -0.1) is 37.2 Å². The van der Waals surface area contributed by atoms with E-state index in [4.69, 9.17) is 0 Å². The van der Waals surface area contributed by atoms with Crippen LogP contribution in [0, 0.1) is 19.8 Å². The zero-order chi connectivity index (χ0) is 16.4. The molecule has 3 rings (SSSR count). The van der Waals surface area contributed by atoms with E-state index < -0.39 is 0 Å². The molecule has 3 heterocycles. The van der Waals surface area contributed by atoms with Gasteiger partial charge in [-0.05, 0) is 33.2 Å². The number of halogens is 3. The molecule has 6 nitrogen and oxygen atoms in total. The lowest BCUT2D eigenvalue weighted by molar-refractivity contribution is -0.137. The molecule has 0 bridgehead atoms. The summed E-state index contributed by atoms with van der Waals surface area (Å²) in [6.45, 7) is 10.7. The van der Waals surface area contributed by atoms with Crippen LogP contribution in [0.1, 0.15) is 29.8 Å². The highest BCUT2D eigenvalue weighted by Gasteiger charge is 2.28. The van der Waals surface area contributed by atoms with Crippen LogP contribution in [0.2, 0.25) is 0 Å². The minimum atomic E-state index is 0. The van der Waals surface area contributed by atoms with Gasteiger partial charge < -0.3 is 10.2 Å². The van der Waals surface area contributed by atoms with Crippen LogP contribution in [0.15, 0.2) is 0 Å². The lowest BCUT2D eigenvalue weighted by atomic mass is 9.98. The fourth-order valence-corrected chi connectivity index (χ4v) is 3.72. The molecule has 2 aliphatic rings. The maximum atomic E-state index is 12.6. The predicted molar refractivity (Wildman–Crippen MR) is 112 cm³/mol. The highest BCUT2D eigenvalue weighted by Crippen LogP contribution is 2.18. The number of amides is 1. The number of carbonyl (C=O) groups excluding carboxylic acids is 1. The zero-order valence-electron chi connectivity index (χ0n) is 15.9. The van der Waals surface area contributed by atoms with Crippen molar-refractivity contribution in [1.29, 1.82) is 0 Å². The molecule has 2 aliphatic heterocycles. The molecule has 0 spiro atoms. The van der Waals surface area contributed by atoms with Crippen molar-refractivity contribution in [3.8, 4) is 0 Å². The molecule has 2 saturated heterocycles. The number of nitrogens with zero attached hydrogens (tertiary/aromatic N) is 4. The van der Waals surface area contributed by atoms with E-state index in [1.165, 1.54) is 11.3 Å². The first-order valence-corrected chi connectivity index (χ1v) is 8.77. The van der Waals surface area contributed by atoms with Crippen molar-refractivity contribution >= 4 is 43.1 Å². The van der Waals surface area contributed by atoms with Crippen molar-refractivity contribution in [2.45, 2.75) is 33.2 Å². The number of hydrogen-bond donors (Lipinski definition) is 1. The normalized spacial score (nSPS) is 20.6. The topological polar surface area (TPSA) is 53.4 Å². The number of piperazine rings is 1. The number of aromatic nitrogens is 2. The van der Waals surface area contributed by atoms with Crippen LogP contribution in [0.5, 0.6) is 0 Å². The van der Waals surface area contributed by atoms with Crippen molar-refractivity contribution in [1.82, 2.24) is 24.9 Å². The SMILES string of the molecule is Cc1nn(C)c(C)c1CN1CCN(C(=O)C2CCCNC2)CC1.Cl.Cl.Cl. The maximum absolute atomic E-state index is 12.6. The first-order chi connectivity index (χ1) is 11.1. The van der Waals surface area contributed by atoms with Crippen LogP contribution in [-0.2, 0) is 18.4 Å². The minimum absolute atomic E-state index is 0. The second-order valence-corrected chi connectivity index (χ2v) is 6.92. The fourth-order valence-electron chi connectivity index (χ4n) is 3.72. The largest absolute Gasteiger partial charge is 0.340 e. The molecule has 1 N–H and O–H groups in total. The Hall–Kier alpha value is -0.530. The van der Waals surface area contributed by atoms with Crippen molar-refractivity contribution in [2.75, 3.05) is 39.3 Å². The molecule has 1 unspecified atom stereocenters. The van der Waals surface area contributed by atoms with Gasteiger partial charge in [-0.3, -0.25) is 14.4 Å². The van der Waals surface area contributed by atoms with Gasteiger partial charge in [0.05, 0.1) is 11.6 Å². The van der Waals surface area contributed by atoms with Gasteiger partial charge in [-0.1, -0.05) is 0 Å². The zero-order valence-corrected chi connectivity index (χ0v) is 18.3. The van der Waals surface area contributed by atoms with Crippen LogP contribution in [-0.4, -0.2) is 64.8 Å². The molecular formula is C17H32Cl3N5O. The van der Waals surface area contributed by atoms with Gasteiger partial charge in [0.1, 0.15) is 0 Å². The molecule has 0 saturated carbocycles. The lowest BCUT2D eigenvalue weighted by Crippen LogP contribution is -2.51. The Balaban J connectivity index is 0.00000208. The van der Waals surface area contributed by atoms with Gasteiger partial charge in [0.15, 0.2) is 0 Å². The Morgan fingerprint density at radius 3 is 2.31 bits per heavy atom. The van der Waals surface area contributed by atoms with Gasteiger partial charge in [-0.2, -0.15) is 5.10 Å². The highest BCUT2D eigenvalue weighted by atomic mass is 35.5. The molecule has 1 amide bonds. The summed E-state index contributed by atoms with van der Waals surface area (Å²) in [6, 6.07) is 0. The summed E-state index contributed by atoms with van der Waals surface area (Å²) in [6.07, 6.45) is 2.16. The molecule has 26 heavy (non-hydrogen) atoms. The Kier molecular flexibility index (Phi) is 11.1. The maximum Gasteiger partial charge on any atom is 0.227 e. The van der Waals surface area contributed by atoms with Crippen molar-refractivity contribution < 1.29 is 4.79 Å². The van der Waals surface area contributed by atoms with Gasteiger partial charge in [0, 0.05) is 57.6 Å². The van der Waals surface area contributed by atoms with E-state index in [2.05, 4.69) is 34.1 Å². The highest BCUT2D eigenvalue weighted by molar-refractivity contribution is 5.86. The van der Waals surface area contributed by atoms with E-state index in [1.807, 2.05) is 11.7 Å². The number of rotatable bonds is 3. The van der Waals surface area contributed by atoms with E-state index in [0.29, 0.717) is 5.91 Å². The molecule has 0 aromatic carbocycles. The molecule has 1 aromatic heterocycles. The summed E-state index contributed by atoms with van der Waals surface area (Å²) in [5.74, 6) is 0.545. The first kappa shape index (κ1) is 25.5. The van der Waals surface area contributed by atoms with Crippen LogP contribution < -0.4 is 5.32 Å². The smallest absolute Gasteiger partial charge is 0.227 e. The average Bonchev–Trinajstić information content (AvgIpc) is 2.82. The average molecular weight is 429 g/mol. The third kappa shape index (κ3) is 5.73. The van der Waals surface area contributed by atoms with E-state index >= 15 is 0 Å². The monoisotopic (exact) mass is 427 g/mol. The summed E-state index contributed by atoms with van der Waals surface area (Å²) in [5, 5.41) is 7.84. The Morgan fingerprint density at radius 1 is 1.15 bits per heavy atom. The molecule has 9 heteroatoms. The summed E-state index contributed by atoms with van der Waals surface area (Å²) in [7, 11) is 2.00. The van der Waals surface area contributed by atoms with E-state index in [9.17, 15) is 4.79 Å². The standard InChI is InChI=1S/C17H29N5O.3ClH/c1-13-16(14(2)20(3)19-13)12-21-7-9-22(10-8-21)17(23)15-5-4-6-18-11-15;;;/h15,18H,4-12H2,1-3H3;3*1H.